The highest BCUT2D eigenvalue weighted by atomic mass is 32.2. The molecule has 0 bridgehead atoms. The lowest BCUT2D eigenvalue weighted by Gasteiger charge is -2.11. The Morgan fingerprint density at radius 1 is 0.867 bits per heavy atom. The molecule has 1 amide bonds. The second-order valence-electron chi connectivity index (χ2n) is 6.76. The Morgan fingerprint density at radius 3 is 2.30 bits per heavy atom. The predicted molar refractivity (Wildman–Crippen MR) is 118 cm³/mol. The standard InChI is InChI=1S/C23H21N5OS/c29-22(17-30-23-25-26-27-28(23)16-19-11-5-2-6-12-19)24-21-14-8-7-13-20(21)15-18-9-3-1-4-10-18/h1-14H,15-17H2,(H,24,29). The second-order valence-corrected chi connectivity index (χ2v) is 7.70. The average Bonchev–Trinajstić information content (AvgIpc) is 3.22. The van der Waals surface area contributed by atoms with Crippen molar-refractivity contribution in [1.82, 2.24) is 20.2 Å². The number of benzene rings is 3. The Labute approximate surface area is 179 Å². The molecule has 4 aromatic rings. The van der Waals surface area contributed by atoms with Gasteiger partial charge in [-0.25, -0.2) is 4.68 Å². The summed E-state index contributed by atoms with van der Waals surface area (Å²) in [5.41, 5.74) is 4.21. The number of carbonyl (C=O) groups excluding carboxylic acids is 1. The van der Waals surface area contributed by atoms with E-state index < -0.39 is 0 Å². The van der Waals surface area contributed by atoms with Crippen molar-refractivity contribution >= 4 is 23.4 Å². The Bertz CT molecular complexity index is 1100. The van der Waals surface area contributed by atoms with Crippen molar-refractivity contribution < 1.29 is 4.79 Å². The van der Waals surface area contributed by atoms with Crippen molar-refractivity contribution in [3.05, 3.63) is 102 Å². The molecule has 0 saturated heterocycles. The first kappa shape index (κ1) is 19.8. The van der Waals surface area contributed by atoms with Gasteiger partial charge in [-0.3, -0.25) is 4.79 Å². The molecule has 0 aliphatic rings. The third-order valence-electron chi connectivity index (χ3n) is 4.54. The molecule has 0 spiro atoms. The summed E-state index contributed by atoms with van der Waals surface area (Å²) < 4.78 is 1.70. The number of tetrazole rings is 1. The highest BCUT2D eigenvalue weighted by Gasteiger charge is 2.12. The highest BCUT2D eigenvalue weighted by molar-refractivity contribution is 7.99. The fourth-order valence-corrected chi connectivity index (χ4v) is 3.76. The lowest BCUT2D eigenvalue weighted by molar-refractivity contribution is -0.113. The number of anilines is 1. The maximum absolute atomic E-state index is 12.6. The lowest BCUT2D eigenvalue weighted by atomic mass is 10.0. The second kappa shape index (κ2) is 9.84. The molecule has 30 heavy (non-hydrogen) atoms. The summed E-state index contributed by atoms with van der Waals surface area (Å²) in [6.07, 6.45) is 0.764. The number of amides is 1. The van der Waals surface area contributed by atoms with Gasteiger partial charge in [0, 0.05) is 5.69 Å². The van der Waals surface area contributed by atoms with Crippen LogP contribution in [0.5, 0.6) is 0 Å². The van der Waals surface area contributed by atoms with Crippen molar-refractivity contribution in [2.75, 3.05) is 11.1 Å². The maximum atomic E-state index is 12.6. The minimum absolute atomic E-state index is 0.0882. The van der Waals surface area contributed by atoms with Gasteiger partial charge in [-0.1, -0.05) is 90.6 Å². The van der Waals surface area contributed by atoms with Crippen LogP contribution < -0.4 is 5.32 Å². The van der Waals surface area contributed by atoms with Gasteiger partial charge in [-0.2, -0.15) is 0 Å². The minimum Gasteiger partial charge on any atom is -0.325 e. The van der Waals surface area contributed by atoms with E-state index in [1.54, 1.807) is 4.68 Å². The van der Waals surface area contributed by atoms with E-state index in [1.165, 1.54) is 17.3 Å². The number of rotatable bonds is 8. The number of aromatic nitrogens is 4. The number of thioether (sulfide) groups is 1. The van der Waals surface area contributed by atoms with E-state index in [-0.39, 0.29) is 11.7 Å². The third-order valence-corrected chi connectivity index (χ3v) is 5.49. The molecule has 1 aromatic heterocycles. The van der Waals surface area contributed by atoms with Crippen LogP contribution in [-0.4, -0.2) is 31.9 Å². The summed E-state index contributed by atoms with van der Waals surface area (Å²) in [6.45, 7) is 0.567. The summed E-state index contributed by atoms with van der Waals surface area (Å²) >= 11 is 1.32. The number of hydrogen-bond donors (Lipinski definition) is 1. The smallest absolute Gasteiger partial charge is 0.234 e. The van der Waals surface area contributed by atoms with Crippen LogP contribution in [0.25, 0.3) is 0 Å². The van der Waals surface area contributed by atoms with Gasteiger partial charge in [0.15, 0.2) is 0 Å². The predicted octanol–water partition coefficient (Wildman–Crippen LogP) is 4.04. The topological polar surface area (TPSA) is 72.7 Å². The Hall–Kier alpha value is -3.45. The van der Waals surface area contributed by atoms with Crippen molar-refractivity contribution in [2.24, 2.45) is 0 Å². The van der Waals surface area contributed by atoms with Crippen molar-refractivity contribution in [3.63, 3.8) is 0 Å². The largest absolute Gasteiger partial charge is 0.325 e. The molecule has 1 N–H and O–H groups in total. The van der Waals surface area contributed by atoms with E-state index in [2.05, 4.69) is 33.0 Å². The molecule has 6 nitrogen and oxygen atoms in total. The first-order valence-electron chi connectivity index (χ1n) is 9.62. The Kier molecular flexibility index (Phi) is 6.51. The normalized spacial score (nSPS) is 10.7. The molecule has 0 aliphatic carbocycles. The third kappa shape index (κ3) is 5.33. The van der Waals surface area contributed by atoms with Crippen LogP contribution in [0.3, 0.4) is 0 Å². The first-order chi connectivity index (χ1) is 14.8. The molecule has 0 aliphatic heterocycles. The monoisotopic (exact) mass is 415 g/mol. The number of nitrogens with zero attached hydrogens (tertiary/aromatic N) is 4. The lowest BCUT2D eigenvalue weighted by Crippen LogP contribution is -2.16. The van der Waals surface area contributed by atoms with E-state index in [1.807, 2.05) is 72.8 Å². The van der Waals surface area contributed by atoms with Crippen LogP contribution >= 0.6 is 11.8 Å². The molecule has 3 aromatic carbocycles. The van der Waals surface area contributed by atoms with Gasteiger partial charge in [0.25, 0.3) is 0 Å². The van der Waals surface area contributed by atoms with Gasteiger partial charge in [0.05, 0.1) is 12.3 Å². The molecule has 150 valence electrons. The summed E-state index contributed by atoms with van der Waals surface area (Å²) in [5.74, 6) is 0.143. The van der Waals surface area contributed by atoms with Gasteiger partial charge in [-0.05, 0) is 39.6 Å². The fourth-order valence-electron chi connectivity index (χ4n) is 3.08. The molecule has 0 unspecified atom stereocenters. The number of carbonyl (C=O) groups is 1. The molecular formula is C23H21N5OS. The molecule has 7 heteroatoms. The molecular weight excluding hydrogens is 394 g/mol. The zero-order chi connectivity index (χ0) is 20.6. The SMILES string of the molecule is O=C(CSc1nnnn1Cc1ccccc1)Nc1ccccc1Cc1ccccc1. The molecule has 0 radical (unpaired) electrons. The van der Waals surface area contributed by atoms with E-state index in [9.17, 15) is 4.79 Å². The summed E-state index contributed by atoms with van der Waals surface area (Å²) in [6, 6.07) is 28.1. The summed E-state index contributed by atoms with van der Waals surface area (Å²) in [5, 5.41) is 15.5. The van der Waals surface area contributed by atoms with Crippen LogP contribution in [0.1, 0.15) is 16.7 Å². The molecule has 0 saturated carbocycles. The van der Waals surface area contributed by atoms with Gasteiger partial charge >= 0.3 is 0 Å². The van der Waals surface area contributed by atoms with Crippen LogP contribution in [0.2, 0.25) is 0 Å². The molecule has 0 atom stereocenters. The number of nitrogens with one attached hydrogen (secondary N) is 1. The van der Waals surface area contributed by atoms with E-state index in [0.29, 0.717) is 11.7 Å². The first-order valence-corrected chi connectivity index (χ1v) is 10.6. The number of para-hydroxylation sites is 1. The Balaban J connectivity index is 1.37. The number of hydrogen-bond acceptors (Lipinski definition) is 5. The van der Waals surface area contributed by atoms with Crippen molar-refractivity contribution in [1.29, 1.82) is 0 Å². The summed E-state index contributed by atoms with van der Waals surface area (Å²) in [4.78, 5) is 12.6. The van der Waals surface area contributed by atoms with Crippen LogP contribution in [0.15, 0.2) is 90.1 Å². The van der Waals surface area contributed by atoms with Crippen LogP contribution in [0, 0.1) is 0 Å². The van der Waals surface area contributed by atoms with Crippen LogP contribution in [-0.2, 0) is 17.8 Å². The minimum atomic E-state index is -0.0882. The maximum Gasteiger partial charge on any atom is 0.234 e. The van der Waals surface area contributed by atoms with E-state index in [4.69, 9.17) is 0 Å². The molecule has 4 rings (SSSR count). The molecule has 0 fully saturated rings. The average molecular weight is 416 g/mol. The van der Waals surface area contributed by atoms with Crippen LogP contribution in [0.4, 0.5) is 5.69 Å². The van der Waals surface area contributed by atoms with E-state index in [0.717, 1.165) is 23.2 Å². The van der Waals surface area contributed by atoms with Crippen molar-refractivity contribution in [3.8, 4) is 0 Å². The van der Waals surface area contributed by atoms with Crippen molar-refractivity contribution in [2.45, 2.75) is 18.1 Å². The van der Waals surface area contributed by atoms with Gasteiger partial charge in [-0.15, -0.1) is 5.10 Å². The van der Waals surface area contributed by atoms with E-state index >= 15 is 0 Å². The zero-order valence-corrected chi connectivity index (χ0v) is 17.1. The van der Waals surface area contributed by atoms with Gasteiger partial charge in [0.1, 0.15) is 0 Å². The fraction of sp³-hybridized carbons (Fsp3) is 0.130. The molecule has 1 heterocycles. The summed E-state index contributed by atoms with van der Waals surface area (Å²) in [7, 11) is 0. The quantitative estimate of drug-likeness (QED) is 0.440. The Morgan fingerprint density at radius 2 is 1.53 bits per heavy atom. The van der Waals surface area contributed by atoms with Gasteiger partial charge in [0.2, 0.25) is 11.1 Å². The zero-order valence-electron chi connectivity index (χ0n) is 16.3. The van der Waals surface area contributed by atoms with Gasteiger partial charge < -0.3 is 5.32 Å². The highest BCUT2D eigenvalue weighted by Crippen LogP contribution is 2.21.